The van der Waals surface area contributed by atoms with Crippen LogP contribution >= 0.6 is 0 Å². The Morgan fingerprint density at radius 1 is 1.17 bits per heavy atom. The van der Waals surface area contributed by atoms with Gasteiger partial charge in [-0.2, -0.15) is 5.26 Å². The van der Waals surface area contributed by atoms with E-state index in [1.807, 2.05) is 0 Å². The Morgan fingerprint density at radius 2 is 1.91 bits per heavy atom. The molecular weight excluding hydrogens is 604 g/mol. The number of phenolic OH excluding ortho intramolecular Hbond substituents is 2. The number of ether oxygens (including phenoxy) is 4. The lowest BCUT2D eigenvalue weighted by molar-refractivity contribution is -0.262. The summed E-state index contributed by atoms with van der Waals surface area (Å²) in [5.41, 5.74) is -3.78. The summed E-state index contributed by atoms with van der Waals surface area (Å²) in [6, 6.07) is 5.28. The van der Waals surface area contributed by atoms with Crippen LogP contribution < -0.4 is 4.74 Å². The van der Waals surface area contributed by atoms with E-state index in [1.54, 1.807) is 11.8 Å². The number of hydrogen-bond donors (Lipinski definition) is 5. The summed E-state index contributed by atoms with van der Waals surface area (Å²) in [7, 11) is 1.32. The molecule has 0 radical (unpaired) electrons. The fourth-order valence-corrected chi connectivity index (χ4v) is 7.15. The number of ketones is 3. The lowest BCUT2D eigenvalue weighted by Gasteiger charge is -2.47. The third-order valence-corrected chi connectivity index (χ3v) is 9.48. The highest BCUT2D eigenvalue weighted by molar-refractivity contribution is 6.31. The van der Waals surface area contributed by atoms with Crippen molar-refractivity contribution >= 4 is 17.3 Å². The van der Waals surface area contributed by atoms with E-state index in [2.05, 4.69) is 6.07 Å². The molecule has 2 aromatic carbocycles. The van der Waals surface area contributed by atoms with Gasteiger partial charge in [0.15, 0.2) is 17.9 Å². The molecule has 7 atom stereocenters. The monoisotopic (exact) mass is 638 g/mol. The number of carbonyl (C=O) groups is 3. The molecule has 2 heterocycles. The summed E-state index contributed by atoms with van der Waals surface area (Å²) < 4.78 is 23.0. The van der Waals surface area contributed by atoms with Crippen LogP contribution in [0.5, 0.6) is 17.2 Å². The smallest absolute Gasteiger partial charge is 0.202 e. The van der Waals surface area contributed by atoms with E-state index in [0.29, 0.717) is 13.2 Å². The Morgan fingerprint density at radius 3 is 2.61 bits per heavy atom. The highest BCUT2D eigenvalue weighted by Gasteiger charge is 2.51. The summed E-state index contributed by atoms with van der Waals surface area (Å²) >= 11 is 0. The summed E-state index contributed by atoms with van der Waals surface area (Å²) in [5, 5.41) is 65.1. The maximum absolute atomic E-state index is 13.9. The Hall–Kier alpha value is -3.94. The van der Waals surface area contributed by atoms with Gasteiger partial charge in [0.05, 0.1) is 61.4 Å². The second-order valence-corrected chi connectivity index (χ2v) is 12.0. The van der Waals surface area contributed by atoms with Gasteiger partial charge < -0.3 is 44.5 Å². The largest absolute Gasteiger partial charge is 0.507 e. The van der Waals surface area contributed by atoms with Crippen molar-refractivity contribution in [2.24, 2.45) is 0 Å². The Balaban J connectivity index is 1.44. The number of rotatable bonds is 6. The second kappa shape index (κ2) is 12.0. The Labute approximate surface area is 263 Å². The molecule has 0 spiro atoms. The molecule has 0 unspecified atom stereocenters. The highest BCUT2D eigenvalue weighted by atomic mass is 16.7. The van der Waals surface area contributed by atoms with Crippen LogP contribution in [-0.2, 0) is 25.4 Å². The molecule has 2 aromatic rings. The average Bonchev–Trinajstić information content (AvgIpc) is 3.05. The van der Waals surface area contributed by atoms with Crippen LogP contribution in [-0.4, -0.2) is 117 Å². The zero-order valence-electron chi connectivity index (χ0n) is 25.1. The Kier molecular flexibility index (Phi) is 8.36. The van der Waals surface area contributed by atoms with E-state index in [9.17, 15) is 45.2 Å². The van der Waals surface area contributed by atoms with Crippen molar-refractivity contribution in [1.82, 2.24) is 4.90 Å². The predicted molar refractivity (Wildman–Crippen MR) is 154 cm³/mol. The number of fused-ring (bicyclic) bond motifs is 3. The van der Waals surface area contributed by atoms with E-state index in [1.165, 1.54) is 25.3 Å². The van der Waals surface area contributed by atoms with Crippen molar-refractivity contribution in [3.8, 4) is 23.3 Å². The maximum atomic E-state index is 13.9. The van der Waals surface area contributed by atoms with E-state index >= 15 is 0 Å². The van der Waals surface area contributed by atoms with Crippen LogP contribution in [0.25, 0.3) is 0 Å². The molecule has 2 aliphatic carbocycles. The van der Waals surface area contributed by atoms with Crippen molar-refractivity contribution in [1.29, 1.82) is 5.26 Å². The number of aromatic hydroxyl groups is 2. The number of Topliss-reactive ketones (excluding diaryl/α,β-unsaturated/α-hetero) is 1. The molecule has 5 N–H and O–H groups in total. The summed E-state index contributed by atoms with van der Waals surface area (Å²) in [5.74, 6) is -3.87. The van der Waals surface area contributed by atoms with E-state index in [4.69, 9.17) is 18.9 Å². The fourth-order valence-electron chi connectivity index (χ4n) is 7.15. The highest BCUT2D eigenvalue weighted by Crippen LogP contribution is 2.52. The predicted octanol–water partition coefficient (Wildman–Crippen LogP) is 0.267. The van der Waals surface area contributed by atoms with Gasteiger partial charge in [-0.15, -0.1) is 0 Å². The van der Waals surface area contributed by atoms with Crippen molar-refractivity contribution < 1.29 is 58.9 Å². The van der Waals surface area contributed by atoms with Gasteiger partial charge in [0.25, 0.3) is 0 Å². The minimum atomic E-state index is -2.29. The molecule has 2 fully saturated rings. The summed E-state index contributed by atoms with van der Waals surface area (Å²) in [6.07, 6.45) is -5.39. The van der Waals surface area contributed by atoms with Gasteiger partial charge in [-0.1, -0.05) is 12.1 Å². The number of aliphatic hydroxyl groups excluding tert-OH is 2. The van der Waals surface area contributed by atoms with E-state index in [-0.39, 0.29) is 41.0 Å². The number of carbonyl (C=O) groups excluding carboxylic acids is 3. The summed E-state index contributed by atoms with van der Waals surface area (Å²) in [6.45, 7) is 1.42. The number of phenols is 2. The zero-order chi connectivity index (χ0) is 33.1. The minimum absolute atomic E-state index is 0.0293. The Bertz CT molecular complexity index is 1650. The number of methoxy groups -OCH3 is 1. The number of morpholine rings is 1. The molecule has 244 valence electrons. The number of benzene rings is 2. The van der Waals surface area contributed by atoms with Crippen LogP contribution in [0, 0.1) is 11.3 Å². The van der Waals surface area contributed by atoms with E-state index < -0.39 is 102 Å². The molecule has 0 bridgehead atoms. The topological polar surface area (TPSA) is 216 Å². The third-order valence-electron chi connectivity index (χ3n) is 9.48. The third kappa shape index (κ3) is 4.96. The first-order chi connectivity index (χ1) is 21.9. The van der Waals surface area contributed by atoms with Gasteiger partial charge in [-0.25, -0.2) is 0 Å². The van der Waals surface area contributed by atoms with Crippen molar-refractivity contribution in [2.45, 2.75) is 68.5 Å². The average molecular weight is 639 g/mol. The van der Waals surface area contributed by atoms with Gasteiger partial charge in [0.2, 0.25) is 5.78 Å². The first-order valence-electron chi connectivity index (χ1n) is 14.9. The van der Waals surface area contributed by atoms with Gasteiger partial charge in [0, 0.05) is 48.5 Å². The first-order valence-corrected chi connectivity index (χ1v) is 14.9. The van der Waals surface area contributed by atoms with Gasteiger partial charge in [-0.3, -0.25) is 19.3 Å². The fraction of sp³-hybridized carbons (Fsp3) is 0.500. The van der Waals surface area contributed by atoms with Crippen LogP contribution in [0.1, 0.15) is 68.8 Å². The number of aliphatic hydroxyl groups is 3. The van der Waals surface area contributed by atoms with Crippen LogP contribution in [0.2, 0.25) is 0 Å². The van der Waals surface area contributed by atoms with E-state index in [0.717, 1.165) is 0 Å². The van der Waals surface area contributed by atoms with Crippen molar-refractivity contribution in [3.63, 3.8) is 0 Å². The lowest BCUT2D eigenvalue weighted by atomic mass is 9.72. The molecular formula is C32H34N2O12. The summed E-state index contributed by atoms with van der Waals surface area (Å²) in [4.78, 5) is 42.2. The minimum Gasteiger partial charge on any atom is -0.507 e. The second-order valence-electron chi connectivity index (χ2n) is 12.0. The lowest BCUT2D eigenvalue weighted by Crippen LogP contribution is -2.60. The molecule has 0 saturated carbocycles. The number of nitrogens with zero attached hydrogens (tertiary/aromatic N) is 2. The first kappa shape index (κ1) is 32.0. The standard InChI is InChI=1S/C32H34N2O12/c1-14-27(37)18(34-6-7-44-13-15(34)11-33)8-22(45-14)46-20-10-32(42,21(36)12-35)9-17-24(20)31(41)26-25(29(17)39)28(38)16-4-3-5-19(43-2)23(16)30(26)40/h3-5,14-15,18,20,22,27,35,37,39,41-42H,6-10,12-13H2,1-2H3/t14-,15+,18-,20+,22+,27+,32-/m1/s1. The quantitative estimate of drug-likeness (QED) is 0.229. The molecule has 4 aliphatic rings. The molecule has 46 heavy (non-hydrogen) atoms. The zero-order valence-corrected chi connectivity index (χ0v) is 25.1. The van der Waals surface area contributed by atoms with Crippen LogP contribution in [0.4, 0.5) is 0 Å². The maximum Gasteiger partial charge on any atom is 0.202 e. The van der Waals surface area contributed by atoms with Crippen LogP contribution in [0.3, 0.4) is 0 Å². The van der Waals surface area contributed by atoms with Gasteiger partial charge in [-0.05, 0) is 13.0 Å². The number of hydrogen-bond acceptors (Lipinski definition) is 14. The molecule has 6 rings (SSSR count). The normalized spacial score (nSPS) is 31.0. The molecule has 14 heteroatoms. The SMILES string of the molecule is COc1cccc2c1C(=O)c1c(O)c3c(c(O)c1C2=O)C[C@](O)(C(=O)CO)C[C@@H]3O[C@H]1C[C@@H](N2CCOC[C@@H]2C#N)[C@@H](O)[C@@H](C)O1. The van der Waals surface area contributed by atoms with Crippen molar-refractivity contribution in [3.05, 3.63) is 51.6 Å². The van der Waals surface area contributed by atoms with Crippen molar-refractivity contribution in [2.75, 3.05) is 33.5 Å². The number of nitriles is 1. The molecule has 2 aliphatic heterocycles. The van der Waals surface area contributed by atoms with Crippen LogP contribution in [0.15, 0.2) is 18.2 Å². The molecule has 0 aromatic heterocycles. The molecule has 14 nitrogen and oxygen atoms in total. The molecule has 2 saturated heterocycles. The van der Waals surface area contributed by atoms with Gasteiger partial charge in [0.1, 0.15) is 35.5 Å². The molecule has 0 amide bonds. The van der Waals surface area contributed by atoms with Gasteiger partial charge >= 0.3 is 0 Å².